The molecule has 1 aromatic carbocycles. The lowest BCUT2D eigenvalue weighted by Crippen LogP contribution is -2.23. The fourth-order valence-electron chi connectivity index (χ4n) is 2.16. The Morgan fingerprint density at radius 3 is 2.80 bits per heavy atom. The first kappa shape index (κ1) is 16.9. The van der Waals surface area contributed by atoms with Crippen molar-refractivity contribution in [3.8, 4) is 22.3 Å². The molecule has 8 nitrogen and oxygen atoms in total. The van der Waals surface area contributed by atoms with Crippen LogP contribution in [0.4, 0.5) is 0 Å². The van der Waals surface area contributed by atoms with E-state index in [1.54, 1.807) is 30.8 Å². The van der Waals surface area contributed by atoms with Gasteiger partial charge in [0.1, 0.15) is 16.4 Å². The lowest BCUT2D eigenvalue weighted by Gasteiger charge is -2.09. The van der Waals surface area contributed by atoms with Crippen molar-refractivity contribution in [3.63, 3.8) is 0 Å². The second-order valence-electron chi connectivity index (χ2n) is 5.02. The van der Waals surface area contributed by atoms with Crippen LogP contribution >= 0.6 is 11.3 Å². The van der Waals surface area contributed by atoms with Gasteiger partial charge in [-0.2, -0.15) is 0 Å². The highest BCUT2D eigenvalue weighted by Crippen LogP contribution is 2.26. The monoisotopic (exact) mass is 360 g/mol. The van der Waals surface area contributed by atoms with Crippen molar-refractivity contribution in [2.24, 2.45) is 0 Å². The maximum absolute atomic E-state index is 12.4. The van der Waals surface area contributed by atoms with Crippen LogP contribution in [0.1, 0.15) is 21.9 Å². The van der Waals surface area contributed by atoms with E-state index in [0.717, 1.165) is 10.6 Å². The van der Waals surface area contributed by atoms with Crippen molar-refractivity contribution >= 4 is 17.2 Å². The zero-order valence-corrected chi connectivity index (χ0v) is 14.7. The molecule has 0 bridgehead atoms. The predicted octanol–water partition coefficient (Wildman–Crippen LogP) is 2.45. The van der Waals surface area contributed by atoms with Gasteiger partial charge in [-0.05, 0) is 19.1 Å². The molecule has 0 fully saturated rings. The van der Waals surface area contributed by atoms with E-state index in [-0.39, 0.29) is 12.5 Å². The number of carbonyl (C=O) groups excluding carboxylic acids is 1. The van der Waals surface area contributed by atoms with E-state index in [2.05, 4.69) is 20.5 Å². The molecular weight excluding hydrogens is 344 g/mol. The van der Waals surface area contributed by atoms with Crippen LogP contribution in [0.15, 0.2) is 28.1 Å². The van der Waals surface area contributed by atoms with Gasteiger partial charge in [0.25, 0.3) is 11.8 Å². The van der Waals surface area contributed by atoms with E-state index in [0.29, 0.717) is 28.8 Å². The predicted molar refractivity (Wildman–Crippen MR) is 90.9 cm³/mol. The van der Waals surface area contributed by atoms with Gasteiger partial charge in [0, 0.05) is 6.07 Å². The molecule has 2 aromatic heterocycles. The van der Waals surface area contributed by atoms with E-state index in [9.17, 15) is 4.79 Å². The highest BCUT2D eigenvalue weighted by molar-refractivity contribution is 7.13. The molecule has 0 aliphatic carbocycles. The normalized spacial score (nSPS) is 10.5. The average Bonchev–Trinajstić information content (AvgIpc) is 3.27. The summed E-state index contributed by atoms with van der Waals surface area (Å²) in [5, 5.41) is 10.7. The highest BCUT2D eigenvalue weighted by atomic mass is 32.1. The SMILES string of the molecule is COc1ccc(C(=O)NCc2nnc(-c3scnc3C)o2)c(OC)c1. The summed E-state index contributed by atoms with van der Waals surface area (Å²) in [5.74, 6) is 1.42. The topological polar surface area (TPSA) is 99.4 Å². The lowest BCUT2D eigenvalue weighted by atomic mass is 10.1. The number of nitrogens with one attached hydrogen (secondary N) is 1. The number of aromatic nitrogens is 3. The van der Waals surface area contributed by atoms with Gasteiger partial charge in [0.15, 0.2) is 0 Å². The number of hydrogen-bond acceptors (Lipinski definition) is 8. The Labute approximate surface area is 147 Å². The standard InChI is InChI=1S/C16H16N4O4S/c1-9-14(25-8-18-9)16-20-19-13(24-16)7-17-15(21)11-5-4-10(22-2)6-12(11)23-3/h4-6,8H,7H2,1-3H3,(H,17,21). The lowest BCUT2D eigenvalue weighted by molar-refractivity contribution is 0.0944. The number of amides is 1. The summed E-state index contributed by atoms with van der Waals surface area (Å²) in [6.45, 7) is 1.98. The van der Waals surface area contributed by atoms with E-state index in [1.165, 1.54) is 18.4 Å². The Hall–Kier alpha value is -2.94. The smallest absolute Gasteiger partial charge is 0.259 e. The number of carbonyl (C=O) groups is 1. The van der Waals surface area contributed by atoms with Crippen LogP contribution in [0.5, 0.6) is 11.5 Å². The Kier molecular flexibility index (Phi) is 4.94. The first-order chi connectivity index (χ1) is 12.1. The largest absolute Gasteiger partial charge is 0.497 e. The molecule has 0 aliphatic rings. The second-order valence-corrected chi connectivity index (χ2v) is 5.87. The van der Waals surface area contributed by atoms with E-state index < -0.39 is 0 Å². The molecular formula is C16H16N4O4S. The number of hydrogen-bond donors (Lipinski definition) is 1. The molecule has 9 heteroatoms. The minimum absolute atomic E-state index is 0.110. The van der Waals surface area contributed by atoms with Gasteiger partial charge in [0.05, 0.1) is 37.5 Å². The third-order valence-corrected chi connectivity index (χ3v) is 4.38. The van der Waals surface area contributed by atoms with Gasteiger partial charge in [-0.1, -0.05) is 0 Å². The third-order valence-electron chi connectivity index (χ3n) is 3.46. The Bertz CT molecular complexity index is 890. The summed E-state index contributed by atoms with van der Waals surface area (Å²) >= 11 is 1.42. The minimum Gasteiger partial charge on any atom is -0.497 e. The number of nitrogens with zero attached hydrogens (tertiary/aromatic N) is 3. The molecule has 1 amide bonds. The first-order valence-electron chi connectivity index (χ1n) is 7.35. The average molecular weight is 360 g/mol. The fourth-order valence-corrected chi connectivity index (χ4v) is 2.88. The molecule has 1 N–H and O–H groups in total. The maximum atomic E-state index is 12.4. The zero-order chi connectivity index (χ0) is 17.8. The van der Waals surface area contributed by atoms with Crippen molar-refractivity contribution < 1.29 is 18.7 Å². The van der Waals surface area contributed by atoms with Crippen molar-refractivity contribution in [1.29, 1.82) is 0 Å². The Morgan fingerprint density at radius 2 is 2.12 bits per heavy atom. The minimum atomic E-state index is -0.312. The zero-order valence-electron chi connectivity index (χ0n) is 13.9. The molecule has 0 atom stereocenters. The molecule has 3 rings (SSSR count). The van der Waals surface area contributed by atoms with Crippen molar-refractivity contribution in [2.45, 2.75) is 13.5 Å². The van der Waals surface area contributed by atoms with E-state index in [4.69, 9.17) is 13.9 Å². The molecule has 0 saturated carbocycles. The Morgan fingerprint density at radius 1 is 1.28 bits per heavy atom. The fraction of sp³-hybridized carbons (Fsp3) is 0.250. The summed E-state index contributed by atoms with van der Waals surface area (Å²) in [6.07, 6.45) is 0. The van der Waals surface area contributed by atoms with Gasteiger partial charge >= 0.3 is 0 Å². The number of aryl methyl sites for hydroxylation is 1. The van der Waals surface area contributed by atoms with Crippen LogP contribution in [0, 0.1) is 6.92 Å². The summed E-state index contributed by atoms with van der Waals surface area (Å²) < 4.78 is 15.9. The highest BCUT2D eigenvalue weighted by Gasteiger charge is 2.16. The quantitative estimate of drug-likeness (QED) is 0.721. The Balaban J connectivity index is 1.69. The molecule has 2 heterocycles. The maximum Gasteiger partial charge on any atom is 0.259 e. The molecule has 130 valence electrons. The van der Waals surface area contributed by atoms with Crippen molar-refractivity contribution in [3.05, 3.63) is 40.9 Å². The van der Waals surface area contributed by atoms with Crippen molar-refractivity contribution in [2.75, 3.05) is 14.2 Å². The summed E-state index contributed by atoms with van der Waals surface area (Å²) in [6, 6.07) is 4.97. The summed E-state index contributed by atoms with van der Waals surface area (Å²) in [4.78, 5) is 17.3. The number of benzene rings is 1. The van der Waals surface area contributed by atoms with Gasteiger partial charge in [-0.15, -0.1) is 21.5 Å². The van der Waals surface area contributed by atoms with Crippen LogP contribution in [-0.2, 0) is 6.54 Å². The molecule has 3 aromatic rings. The van der Waals surface area contributed by atoms with Gasteiger partial charge in [0.2, 0.25) is 5.89 Å². The van der Waals surface area contributed by atoms with Crippen LogP contribution in [0.25, 0.3) is 10.8 Å². The van der Waals surface area contributed by atoms with Crippen LogP contribution in [0.3, 0.4) is 0 Å². The molecule has 0 aliphatic heterocycles. The van der Waals surface area contributed by atoms with E-state index in [1.807, 2.05) is 6.92 Å². The molecule has 0 radical (unpaired) electrons. The number of methoxy groups -OCH3 is 2. The first-order valence-corrected chi connectivity index (χ1v) is 8.23. The van der Waals surface area contributed by atoms with Crippen molar-refractivity contribution in [1.82, 2.24) is 20.5 Å². The van der Waals surface area contributed by atoms with E-state index >= 15 is 0 Å². The molecule has 0 unspecified atom stereocenters. The van der Waals surface area contributed by atoms with Gasteiger partial charge in [-0.25, -0.2) is 4.98 Å². The number of rotatable bonds is 6. The molecule has 0 saturated heterocycles. The molecule has 25 heavy (non-hydrogen) atoms. The number of thiazole rings is 1. The van der Waals surface area contributed by atoms with Crippen LogP contribution < -0.4 is 14.8 Å². The summed E-state index contributed by atoms with van der Waals surface area (Å²) in [7, 11) is 3.04. The van der Waals surface area contributed by atoms with Crippen LogP contribution in [0.2, 0.25) is 0 Å². The summed E-state index contributed by atoms with van der Waals surface area (Å²) in [5.41, 5.74) is 2.93. The third kappa shape index (κ3) is 3.61. The number of ether oxygens (including phenoxy) is 2. The van der Waals surface area contributed by atoms with Gasteiger partial charge in [-0.3, -0.25) is 4.79 Å². The van der Waals surface area contributed by atoms with Gasteiger partial charge < -0.3 is 19.2 Å². The second kappa shape index (κ2) is 7.31. The van der Waals surface area contributed by atoms with Crippen LogP contribution in [-0.4, -0.2) is 35.3 Å². The molecule has 0 spiro atoms.